The normalized spacial score (nSPS) is 11.4. The lowest BCUT2D eigenvalue weighted by molar-refractivity contribution is -0.124. The van der Waals surface area contributed by atoms with Crippen LogP contribution in [0.2, 0.25) is 0 Å². The van der Waals surface area contributed by atoms with Crippen LogP contribution in [0, 0.1) is 11.3 Å². The third kappa shape index (κ3) is 7.33. The molecule has 0 spiro atoms. The van der Waals surface area contributed by atoms with E-state index < -0.39 is 6.04 Å². The van der Waals surface area contributed by atoms with Crippen molar-refractivity contribution in [2.45, 2.75) is 32.9 Å². The van der Waals surface area contributed by atoms with Gasteiger partial charge in [-0.1, -0.05) is 50.2 Å². The van der Waals surface area contributed by atoms with Crippen LogP contribution < -0.4 is 25.4 Å². The highest BCUT2D eigenvalue weighted by Gasteiger charge is 2.21. The van der Waals surface area contributed by atoms with Crippen LogP contribution in [0.4, 0.5) is 0 Å². The molecule has 0 aliphatic heterocycles. The van der Waals surface area contributed by atoms with E-state index in [4.69, 9.17) is 14.9 Å². The number of methoxy groups -OCH3 is 2. The maximum absolute atomic E-state index is 12.9. The summed E-state index contributed by atoms with van der Waals surface area (Å²) in [4.78, 5) is 24.8. The van der Waals surface area contributed by atoms with Gasteiger partial charge in [-0.15, -0.1) is 0 Å². The topological polar surface area (TPSA) is 113 Å². The van der Waals surface area contributed by atoms with Crippen molar-refractivity contribution in [1.29, 1.82) is 5.41 Å². The van der Waals surface area contributed by atoms with E-state index >= 15 is 0 Å². The van der Waals surface area contributed by atoms with E-state index in [1.165, 1.54) is 0 Å². The van der Waals surface area contributed by atoms with E-state index in [1.807, 2.05) is 36.4 Å². The molecule has 0 saturated carbocycles. The molecule has 8 heteroatoms. The molecule has 0 bridgehead atoms. The lowest BCUT2D eigenvalue weighted by Crippen LogP contribution is -2.52. The molecule has 2 amide bonds. The number of benzene rings is 2. The molecule has 0 radical (unpaired) electrons. The van der Waals surface area contributed by atoms with E-state index in [-0.39, 0.29) is 30.2 Å². The molecular weight excluding hydrogens is 396 g/mol. The number of carbonyl (C=O) groups excluding carboxylic acids is 2. The van der Waals surface area contributed by atoms with Crippen LogP contribution >= 0.6 is 0 Å². The zero-order valence-electron chi connectivity index (χ0n) is 18.3. The first kappa shape index (κ1) is 23.7. The average Bonchev–Trinajstić information content (AvgIpc) is 2.77. The number of rotatable bonds is 9. The van der Waals surface area contributed by atoms with Crippen LogP contribution in [0.1, 0.15) is 25.0 Å². The first-order valence-electron chi connectivity index (χ1n) is 10.0. The van der Waals surface area contributed by atoms with Crippen LogP contribution in [-0.2, 0) is 22.6 Å². The summed E-state index contributed by atoms with van der Waals surface area (Å²) < 4.78 is 10.5. The molecule has 166 valence electrons. The van der Waals surface area contributed by atoms with Crippen LogP contribution in [0.3, 0.4) is 0 Å². The fraction of sp³-hybridized carbons (Fsp3) is 0.348. The Morgan fingerprint density at radius 1 is 0.935 bits per heavy atom. The molecule has 8 nitrogen and oxygen atoms in total. The van der Waals surface area contributed by atoms with Gasteiger partial charge in [0.1, 0.15) is 6.04 Å². The molecular formula is C23H30N4O4. The summed E-state index contributed by atoms with van der Waals surface area (Å²) in [5, 5.41) is 16.2. The van der Waals surface area contributed by atoms with Gasteiger partial charge in [0.05, 0.1) is 14.2 Å². The Morgan fingerprint density at radius 3 is 2.23 bits per heavy atom. The molecule has 1 atom stereocenters. The lowest BCUT2D eigenvalue weighted by Gasteiger charge is -2.21. The lowest BCUT2D eigenvalue weighted by atomic mass is 10.1. The van der Waals surface area contributed by atoms with Crippen LogP contribution in [0.25, 0.3) is 0 Å². The highest BCUT2D eigenvalue weighted by atomic mass is 16.5. The Kier molecular flexibility index (Phi) is 8.87. The predicted octanol–water partition coefficient (Wildman–Crippen LogP) is 2.23. The maximum atomic E-state index is 12.9. The summed E-state index contributed by atoms with van der Waals surface area (Å²) in [7, 11) is 3.11. The van der Waals surface area contributed by atoms with E-state index in [0.29, 0.717) is 17.9 Å². The molecule has 0 unspecified atom stereocenters. The summed E-state index contributed by atoms with van der Waals surface area (Å²) in [6.07, 6.45) is 0.360. The Bertz CT molecular complexity index is 900. The van der Waals surface area contributed by atoms with Gasteiger partial charge in [0, 0.05) is 18.9 Å². The van der Waals surface area contributed by atoms with Gasteiger partial charge in [0.25, 0.3) is 0 Å². The summed E-state index contributed by atoms with van der Waals surface area (Å²) in [5.41, 5.74) is 1.77. The van der Waals surface area contributed by atoms with Gasteiger partial charge in [0.2, 0.25) is 11.8 Å². The molecule has 2 aromatic carbocycles. The van der Waals surface area contributed by atoms with Crippen molar-refractivity contribution in [2.24, 2.45) is 5.92 Å². The number of hydrogen-bond acceptors (Lipinski definition) is 5. The number of guanidine groups is 1. The standard InChI is InChI=1S/C23H30N4O4/c1-15(2)21(28)27-23(24)26-18(12-16-8-6-5-7-9-16)22(29)25-14-17-10-11-19(30-3)20(13-17)31-4/h5-11,13,15,18H,12,14H2,1-4H3,(H,25,29)(H3,24,26,27,28)/t18-/m1/s1. The Labute approximate surface area is 182 Å². The molecule has 0 heterocycles. The third-order valence-corrected chi connectivity index (χ3v) is 4.60. The van der Waals surface area contributed by atoms with Gasteiger partial charge in [0.15, 0.2) is 17.5 Å². The minimum atomic E-state index is -0.734. The van der Waals surface area contributed by atoms with Gasteiger partial charge < -0.3 is 20.1 Å². The van der Waals surface area contributed by atoms with E-state index in [2.05, 4.69) is 16.0 Å². The zero-order valence-corrected chi connectivity index (χ0v) is 18.3. The minimum absolute atomic E-state index is 0.208. The van der Waals surface area contributed by atoms with E-state index in [9.17, 15) is 9.59 Å². The molecule has 2 aromatic rings. The first-order valence-corrected chi connectivity index (χ1v) is 10.0. The average molecular weight is 427 g/mol. The SMILES string of the molecule is COc1ccc(CNC(=O)[C@@H](Cc2ccccc2)NC(=N)NC(=O)C(C)C)cc1OC. The van der Waals surface area contributed by atoms with Gasteiger partial charge in [-0.25, -0.2) is 0 Å². The van der Waals surface area contributed by atoms with Crippen molar-refractivity contribution in [1.82, 2.24) is 16.0 Å². The quantitative estimate of drug-likeness (QED) is 0.363. The maximum Gasteiger partial charge on any atom is 0.243 e. The summed E-state index contributed by atoms with van der Waals surface area (Å²) >= 11 is 0. The number of carbonyl (C=O) groups is 2. The smallest absolute Gasteiger partial charge is 0.243 e. The predicted molar refractivity (Wildman–Crippen MR) is 119 cm³/mol. The first-order chi connectivity index (χ1) is 14.8. The zero-order chi connectivity index (χ0) is 22.8. The molecule has 31 heavy (non-hydrogen) atoms. The second-order valence-corrected chi connectivity index (χ2v) is 7.31. The number of hydrogen-bond donors (Lipinski definition) is 4. The van der Waals surface area contributed by atoms with Crippen molar-refractivity contribution in [3.8, 4) is 11.5 Å². The summed E-state index contributed by atoms with van der Waals surface area (Å²) in [6, 6.07) is 14.2. The largest absolute Gasteiger partial charge is 0.493 e. The van der Waals surface area contributed by atoms with Crippen LogP contribution in [0.15, 0.2) is 48.5 Å². The third-order valence-electron chi connectivity index (χ3n) is 4.60. The Hall–Kier alpha value is -3.55. The highest BCUT2D eigenvalue weighted by Crippen LogP contribution is 2.27. The molecule has 2 rings (SSSR count). The van der Waals surface area contributed by atoms with Gasteiger partial charge in [-0.05, 0) is 23.3 Å². The molecule has 0 aliphatic rings. The molecule has 4 N–H and O–H groups in total. The fourth-order valence-electron chi connectivity index (χ4n) is 2.84. The van der Waals surface area contributed by atoms with E-state index in [0.717, 1.165) is 11.1 Å². The number of amides is 2. The second-order valence-electron chi connectivity index (χ2n) is 7.31. The fourth-order valence-corrected chi connectivity index (χ4v) is 2.84. The number of ether oxygens (including phenoxy) is 2. The van der Waals surface area contributed by atoms with Crippen LogP contribution in [-0.4, -0.2) is 38.0 Å². The summed E-state index contributed by atoms with van der Waals surface area (Å²) in [6.45, 7) is 3.75. The van der Waals surface area contributed by atoms with Crippen LogP contribution in [0.5, 0.6) is 11.5 Å². The molecule has 0 fully saturated rings. The monoisotopic (exact) mass is 426 g/mol. The Morgan fingerprint density at radius 2 is 1.61 bits per heavy atom. The van der Waals surface area contributed by atoms with Crippen molar-refractivity contribution < 1.29 is 19.1 Å². The molecule has 0 aromatic heterocycles. The minimum Gasteiger partial charge on any atom is -0.493 e. The molecule has 0 saturated heterocycles. The van der Waals surface area contributed by atoms with Crippen molar-refractivity contribution in [2.75, 3.05) is 14.2 Å². The van der Waals surface area contributed by atoms with Crippen molar-refractivity contribution in [3.63, 3.8) is 0 Å². The van der Waals surface area contributed by atoms with Crippen molar-refractivity contribution >= 4 is 17.8 Å². The van der Waals surface area contributed by atoms with Gasteiger partial charge in [-0.2, -0.15) is 0 Å². The van der Waals surface area contributed by atoms with Gasteiger partial charge >= 0.3 is 0 Å². The molecule has 0 aliphatic carbocycles. The summed E-state index contributed by atoms with van der Waals surface area (Å²) in [5.74, 6) is 0.125. The Balaban J connectivity index is 2.08. The van der Waals surface area contributed by atoms with Crippen molar-refractivity contribution in [3.05, 3.63) is 59.7 Å². The highest BCUT2D eigenvalue weighted by molar-refractivity contribution is 5.98. The number of nitrogens with one attached hydrogen (secondary N) is 4. The second kappa shape index (κ2) is 11.6. The van der Waals surface area contributed by atoms with Gasteiger partial charge in [-0.3, -0.25) is 20.3 Å². The van der Waals surface area contributed by atoms with E-state index in [1.54, 1.807) is 40.2 Å².